The molecule has 3 heterocycles. The molecule has 2 fully saturated rings. The maximum Gasteiger partial charge on any atom is 0.416 e. The van der Waals surface area contributed by atoms with Crippen molar-refractivity contribution < 1.29 is 22.8 Å². The molecule has 1 spiro atoms. The van der Waals surface area contributed by atoms with Crippen LogP contribution in [0.5, 0.6) is 0 Å². The van der Waals surface area contributed by atoms with Crippen molar-refractivity contribution >= 4 is 17.5 Å². The Morgan fingerprint density at radius 1 is 1.12 bits per heavy atom. The van der Waals surface area contributed by atoms with Crippen molar-refractivity contribution in [2.45, 2.75) is 51.5 Å². The van der Waals surface area contributed by atoms with Gasteiger partial charge in [-0.2, -0.15) is 13.2 Å². The minimum absolute atomic E-state index is 0.0345. The summed E-state index contributed by atoms with van der Waals surface area (Å²) in [5, 5.41) is 0. The van der Waals surface area contributed by atoms with E-state index in [1.807, 2.05) is 32.9 Å². The van der Waals surface area contributed by atoms with E-state index in [1.165, 1.54) is 12.1 Å². The van der Waals surface area contributed by atoms with Gasteiger partial charge in [0.1, 0.15) is 12.1 Å². The molecule has 0 bridgehead atoms. The molecule has 0 aliphatic carbocycles. The summed E-state index contributed by atoms with van der Waals surface area (Å²) in [4.78, 5) is 36.5. The van der Waals surface area contributed by atoms with Crippen molar-refractivity contribution in [3.05, 3.63) is 59.4 Å². The quantitative estimate of drug-likeness (QED) is 0.699. The summed E-state index contributed by atoms with van der Waals surface area (Å²) in [6.07, 6.45) is -2.27. The highest BCUT2D eigenvalue weighted by Gasteiger charge is 2.56. The maximum absolute atomic E-state index is 13.7. The molecule has 2 saturated heterocycles. The molecule has 2 aromatic rings. The minimum Gasteiger partial charge on any atom is -0.368 e. The standard InChI is InChI=1S/C24H27F3N4O2/c1-16(2)30-14-21(32)31(13-18-4-6-19(7-5-18)24(25,26)27)23(22(30)33)9-11-29(15-23)20-8-10-28-17(3)12-20/h4-8,10,12,16H,9,11,13-15H2,1-3H3. The van der Waals surface area contributed by atoms with Crippen LogP contribution in [0.3, 0.4) is 0 Å². The Kier molecular flexibility index (Phi) is 5.84. The highest BCUT2D eigenvalue weighted by atomic mass is 19.4. The van der Waals surface area contributed by atoms with Gasteiger partial charge in [-0.25, -0.2) is 0 Å². The van der Waals surface area contributed by atoms with Crippen LogP contribution in [0.1, 0.15) is 37.1 Å². The number of alkyl halides is 3. The lowest BCUT2D eigenvalue weighted by molar-refractivity contribution is -0.166. The predicted octanol–water partition coefficient (Wildman–Crippen LogP) is 3.64. The molecule has 176 valence electrons. The zero-order valence-electron chi connectivity index (χ0n) is 18.9. The molecule has 0 N–H and O–H groups in total. The van der Waals surface area contributed by atoms with E-state index < -0.39 is 17.3 Å². The average molecular weight is 461 g/mol. The summed E-state index contributed by atoms with van der Waals surface area (Å²) in [6, 6.07) is 8.46. The van der Waals surface area contributed by atoms with Gasteiger partial charge >= 0.3 is 6.18 Å². The van der Waals surface area contributed by atoms with Gasteiger partial charge < -0.3 is 14.7 Å². The molecule has 0 saturated carbocycles. The molecule has 1 unspecified atom stereocenters. The summed E-state index contributed by atoms with van der Waals surface area (Å²) in [5.41, 5.74) is 0.521. The van der Waals surface area contributed by atoms with Crippen LogP contribution in [0.4, 0.5) is 18.9 Å². The molecule has 0 radical (unpaired) electrons. The number of benzene rings is 1. The molecule has 4 rings (SSSR count). The largest absolute Gasteiger partial charge is 0.416 e. The van der Waals surface area contributed by atoms with Gasteiger partial charge in [-0.05, 0) is 57.0 Å². The summed E-state index contributed by atoms with van der Waals surface area (Å²) >= 11 is 0. The van der Waals surface area contributed by atoms with Crippen molar-refractivity contribution in [2.24, 2.45) is 0 Å². The van der Waals surface area contributed by atoms with Crippen LogP contribution in [0.25, 0.3) is 0 Å². The van der Waals surface area contributed by atoms with E-state index in [9.17, 15) is 22.8 Å². The molecule has 1 atom stereocenters. The molecular weight excluding hydrogens is 433 g/mol. The van der Waals surface area contributed by atoms with E-state index in [-0.39, 0.29) is 30.9 Å². The van der Waals surface area contributed by atoms with Gasteiger partial charge in [0.25, 0.3) is 5.91 Å². The maximum atomic E-state index is 13.7. The number of aromatic nitrogens is 1. The van der Waals surface area contributed by atoms with Crippen LogP contribution in [-0.2, 0) is 22.3 Å². The van der Waals surface area contributed by atoms with Gasteiger partial charge in [-0.15, -0.1) is 0 Å². The zero-order valence-corrected chi connectivity index (χ0v) is 18.9. The van der Waals surface area contributed by atoms with Crippen LogP contribution >= 0.6 is 0 Å². The number of amides is 2. The first-order valence-corrected chi connectivity index (χ1v) is 11.0. The van der Waals surface area contributed by atoms with E-state index in [0.29, 0.717) is 25.1 Å². The lowest BCUT2D eigenvalue weighted by Gasteiger charge is -2.48. The van der Waals surface area contributed by atoms with E-state index >= 15 is 0 Å². The first kappa shape index (κ1) is 23.1. The van der Waals surface area contributed by atoms with Gasteiger partial charge in [-0.1, -0.05) is 12.1 Å². The molecule has 1 aromatic heterocycles. The van der Waals surface area contributed by atoms with E-state index in [1.54, 1.807) is 16.0 Å². The van der Waals surface area contributed by atoms with Crippen molar-refractivity contribution in [3.8, 4) is 0 Å². The van der Waals surface area contributed by atoms with Gasteiger partial charge in [0, 0.05) is 36.7 Å². The van der Waals surface area contributed by atoms with Crippen LogP contribution in [0.2, 0.25) is 0 Å². The molecule has 1 aromatic carbocycles. The van der Waals surface area contributed by atoms with E-state index in [0.717, 1.165) is 23.5 Å². The lowest BCUT2D eigenvalue weighted by Crippen LogP contribution is -2.69. The summed E-state index contributed by atoms with van der Waals surface area (Å²) in [5.74, 6) is -0.312. The summed E-state index contributed by atoms with van der Waals surface area (Å²) in [6.45, 7) is 6.60. The van der Waals surface area contributed by atoms with Crippen molar-refractivity contribution in [2.75, 3.05) is 24.5 Å². The third kappa shape index (κ3) is 4.28. The SMILES string of the molecule is Cc1cc(N2CCC3(C2)C(=O)N(C(C)C)CC(=O)N3Cc2ccc(C(F)(F)F)cc2)ccn1. The monoisotopic (exact) mass is 460 g/mol. The fraction of sp³-hybridized carbons (Fsp3) is 0.458. The molecule has 2 aliphatic heterocycles. The number of nitrogens with zero attached hydrogens (tertiary/aromatic N) is 4. The van der Waals surface area contributed by atoms with Crippen LogP contribution in [-0.4, -0.2) is 57.8 Å². The fourth-order valence-electron chi connectivity index (χ4n) is 4.70. The first-order valence-electron chi connectivity index (χ1n) is 11.0. The molecule has 2 aliphatic rings. The second-order valence-electron chi connectivity index (χ2n) is 9.06. The molecule has 2 amide bonds. The van der Waals surface area contributed by atoms with Gasteiger partial charge in [0.15, 0.2) is 0 Å². The number of aryl methyl sites for hydroxylation is 1. The highest BCUT2D eigenvalue weighted by Crippen LogP contribution is 2.38. The summed E-state index contributed by atoms with van der Waals surface area (Å²) < 4.78 is 38.9. The number of anilines is 1. The molecule has 6 nitrogen and oxygen atoms in total. The number of rotatable bonds is 4. The number of halogens is 3. The third-order valence-corrected chi connectivity index (χ3v) is 6.52. The molecule has 9 heteroatoms. The molecule has 33 heavy (non-hydrogen) atoms. The highest BCUT2D eigenvalue weighted by molar-refractivity contribution is 5.99. The van der Waals surface area contributed by atoms with Crippen molar-refractivity contribution in [3.63, 3.8) is 0 Å². The number of pyridine rings is 1. The smallest absolute Gasteiger partial charge is 0.368 e. The first-order chi connectivity index (χ1) is 15.5. The second-order valence-corrected chi connectivity index (χ2v) is 9.06. The predicted molar refractivity (Wildman–Crippen MR) is 117 cm³/mol. The van der Waals surface area contributed by atoms with Gasteiger partial charge in [-0.3, -0.25) is 14.6 Å². The van der Waals surface area contributed by atoms with E-state index in [2.05, 4.69) is 9.88 Å². The number of carbonyl (C=O) groups is 2. The van der Waals surface area contributed by atoms with Crippen molar-refractivity contribution in [1.82, 2.24) is 14.8 Å². The van der Waals surface area contributed by atoms with E-state index in [4.69, 9.17) is 0 Å². The number of carbonyl (C=O) groups excluding carboxylic acids is 2. The fourth-order valence-corrected chi connectivity index (χ4v) is 4.70. The van der Waals surface area contributed by atoms with Crippen LogP contribution in [0.15, 0.2) is 42.6 Å². The number of hydrogen-bond donors (Lipinski definition) is 0. The zero-order chi connectivity index (χ0) is 24.0. The topological polar surface area (TPSA) is 56.8 Å². The second kappa shape index (κ2) is 8.35. The Bertz CT molecular complexity index is 1050. The lowest BCUT2D eigenvalue weighted by atomic mass is 9.89. The van der Waals surface area contributed by atoms with Crippen LogP contribution in [0, 0.1) is 6.92 Å². The normalized spacial score (nSPS) is 21.6. The third-order valence-electron chi connectivity index (χ3n) is 6.52. The van der Waals surface area contributed by atoms with Gasteiger partial charge in [0.05, 0.1) is 12.1 Å². The Morgan fingerprint density at radius 2 is 1.82 bits per heavy atom. The minimum atomic E-state index is -4.43. The van der Waals surface area contributed by atoms with Gasteiger partial charge in [0.2, 0.25) is 5.91 Å². The Hall–Kier alpha value is -3.10. The number of hydrogen-bond acceptors (Lipinski definition) is 4. The molecular formula is C24H27F3N4O2. The Labute approximate surface area is 191 Å². The average Bonchev–Trinajstić information content (AvgIpc) is 3.20. The van der Waals surface area contributed by atoms with Crippen molar-refractivity contribution in [1.29, 1.82) is 0 Å². The summed E-state index contributed by atoms with van der Waals surface area (Å²) in [7, 11) is 0. The number of piperazine rings is 1. The Balaban J connectivity index is 1.67. The Morgan fingerprint density at radius 3 is 2.42 bits per heavy atom. The van der Waals surface area contributed by atoms with Crippen LogP contribution < -0.4 is 4.90 Å².